The summed E-state index contributed by atoms with van der Waals surface area (Å²) in [6, 6.07) is 2.79. The second-order valence-electron chi connectivity index (χ2n) is 6.55. The molecule has 9 heteroatoms. The van der Waals surface area contributed by atoms with Gasteiger partial charge in [0.05, 0.1) is 24.4 Å². The van der Waals surface area contributed by atoms with Gasteiger partial charge in [-0.2, -0.15) is 18.4 Å². The Balaban J connectivity index is 1.74. The number of rotatable bonds is 2. The molecule has 0 unspecified atom stereocenters. The van der Waals surface area contributed by atoms with E-state index in [-0.39, 0.29) is 28.8 Å². The van der Waals surface area contributed by atoms with Gasteiger partial charge in [-0.25, -0.2) is 4.98 Å². The highest BCUT2D eigenvalue weighted by molar-refractivity contribution is 7.95. The molecule has 0 saturated carbocycles. The van der Waals surface area contributed by atoms with Gasteiger partial charge in [-0.3, -0.25) is 0 Å². The Morgan fingerprint density at radius 2 is 2.17 bits per heavy atom. The average molecular weight is 356 g/mol. The van der Waals surface area contributed by atoms with Gasteiger partial charge in [-0.05, 0) is 31.5 Å². The fourth-order valence-corrected chi connectivity index (χ4v) is 3.97. The van der Waals surface area contributed by atoms with Crippen LogP contribution in [0.4, 0.5) is 24.8 Å². The Bertz CT molecular complexity index is 721. The van der Waals surface area contributed by atoms with E-state index in [1.165, 1.54) is 12.0 Å². The molecule has 24 heavy (non-hydrogen) atoms. The number of anilines is 2. The molecule has 3 saturated heterocycles. The van der Waals surface area contributed by atoms with Crippen LogP contribution < -0.4 is 9.80 Å². The van der Waals surface area contributed by atoms with Gasteiger partial charge in [-0.1, -0.05) is 0 Å². The average Bonchev–Trinajstić information content (AvgIpc) is 2.41. The molecule has 1 atom stereocenters. The van der Waals surface area contributed by atoms with Crippen LogP contribution in [-0.4, -0.2) is 42.0 Å². The van der Waals surface area contributed by atoms with E-state index in [0.717, 1.165) is 18.2 Å². The fraction of sp³-hybridized carbons (Fsp3) is 0.600. The molecule has 4 rings (SSSR count). The molecule has 1 aromatic rings. The zero-order valence-electron chi connectivity index (χ0n) is 12.9. The number of alkyl halides is 3. The lowest BCUT2D eigenvalue weighted by atomic mass is 9.95. The molecule has 4 heterocycles. The maximum Gasteiger partial charge on any atom is 0.417 e. The predicted octanol–water partition coefficient (Wildman–Crippen LogP) is 2.81. The number of pyridine rings is 1. The third-order valence-electron chi connectivity index (χ3n) is 4.84. The first-order valence-electron chi connectivity index (χ1n) is 7.67. The summed E-state index contributed by atoms with van der Waals surface area (Å²) >= 11 is 1.37. The number of halogens is 3. The van der Waals surface area contributed by atoms with Gasteiger partial charge in [0.2, 0.25) is 0 Å². The van der Waals surface area contributed by atoms with Gasteiger partial charge in [0.1, 0.15) is 28.9 Å². The van der Waals surface area contributed by atoms with E-state index in [1.54, 1.807) is 15.9 Å². The van der Waals surface area contributed by atoms with Gasteiger partial charge in [0.15, 0.2) is 0 Å². The Morgan fingerprint density at radius 3 is 2.58 bits per heavy atom. The molecule has 0 bridgehead atoms. The largest absolute Gasteiger partial charge is 0.417 e. The van der Waals surface area contributed by atoms with Crippen LogP contribution in [-0.2, 0) is 10.4 Å². The number of nitrogens with zero attached hydrogens (tertiary/aromatic N) is 4. The van der Waals surface area contributed by atoms with Crippen molar-refractivity contribution in [3.63, 3.8) is 0 Å². The van der Waals surface area contributed by atoms with Gasteiger partial charge >= 0.3 is 6.18 Å². The minimum Gasteiger partial charge on any atom is -0.353 e. The van der Waals surface area contributed by atoms with Crippen molar-refractivity contribution < 1.29 is 17.4 Å². The van der Waals surface area contributed by atoms with Crippen LogP contribution in [0.1, 0.15) is 24.5 Å². The molecule has 3 fully saturated rings. The van der Waals surface area contributed by atoms with Crippen molar-refractivity contribution in [2.75, 3.05) is 35.2 Å². The molecule has 1 aromatic heterocycles. The fourth-order valence-electron chi connectivity index (χ4n) is 3.23. The SMILES string of the molecule is C[C@H]1CCN1c1nc(N2CC3(CSO3)C2)cc(C(F)(F)F)c1C#N. The zero-order valence-corrected chi connectivity index (χ0v) is 13.7. The van der Waals surface area contributed by atoms with E-state index in [2.05, 4.69) is 4.98 Å². The third kappa shape index (κ3) is 2.31. The standard InChI is InChI=1S/C15H15F3N4OS/c1-9-2-3-22(9)13-10(5-19)11(15(16,17)18)4-12(20-13)21-6-14(7-21)8-24-23-14/h4,9H,2-3,6-8H2,1H3/t9-/m0/s1. The summed E-state index contributed by atoms with van der Waals surface area (Å²) in [5.41, 5.74) is -1.53. The smallest absolute Gasteiger partial charge is 0.353 e. The van der Waals surface area contributed by atoms with Gasteiger partial charge in [0, 0.05) is 12.6 Å². The van der Waals surface area contributed by atoms with Crippen molar-refractivity contribution in [2.24, 2.45) is 0 Å². The highest BCUT2D eigenvalue weighted by atomic mass is 32.2. The van der Waals surface area contributed by atoms with Crippen LogP contribution in [0.25, 0.3) is 0 Å². The molecule has 0 radical (unpaired) electrons. The van der Waals surface area contributed by atoms with Crippen LogP contribution in [0.5, 0.6) is 0 Å². The Kier molecular flexibility index (Phi) is 3.41. The molecule has 0 aromatic carbocycles. The molecule has 0 aliphatic carbocycles. The summed E-state index contributed by atoms with van der Waals surface area (Å²) in [5, 5.41) is 9.30. The second kappa shape index (κ2) is 5.17. The molecule has 0 N–H and O–H groups in total. The molecule has 3 aliphatic heterocycles. The van der Waals surface area contributed by atoms with Crippen molar-refractivity contribution >= 4 is 23.7 Å². The van der Waals surface area contributed by atoms with Crippen LogP contribution in [0, 0.1) is 11.3 Å². The van der Waals surface area contributed by atoms with Gasteiger partial charge < -0.3 is 14.0 Å². The van der Waals surface area contributed by atoms with Gasteiger partial charge in [0.25, 0.3) is 0 Å². The first kappa shape index (κ1) is 15.8. The maximum absolute atomic E-state index is 13.4. The van der Waals surface area contributed by atoms with Crippen molar-refractivity contribution in [2.45, 2.75) is 31.2 Å². The number of hydrogen-bond acceptors (Lipinski definition) is 6. The van der Waals surface area contributed by atoms with Gasteiger partial charge in [-0.15, -0.1) is 0 Å². The first-order chi connectivity index (χ1) is 11.3. The summed E-state index contributed by atoms with van der Waals surface area (Å²) in [7, 11) is 0. The zero-order chi connectivity index (χ0) is 17.1. The molecule has 0 amide bonds. The highest BCUT2D eigenvalue weighted by Gasteiger charge is 2.51. The quantitative estimate of drug-likeness (QED) is 0.760. The van der Waals surface area contributed by atoms with E-state index < -0.39 is 11.7 Å². The van der Waals surface area contributed by atoms with Crippen molar-refractivity contribution in [1.29, 1.82) is 5.26 Å². The normalized spacial score (nSPS) is 24.9. The summed E-state index contributed by atoms with van der Waals surface area (Å²) in [5.74, 6) is 1.26. The molecule has 5 nitrogen and oxygen atoms in total. The molecular formula is C15H15F3N4OS. The van der Waals surface area contributed by atoms with Crippen LogP contribution in [0.15, 0.2) is 6.07 Å². The Hall–Kier alpha value is -1.66. The van der Waals surface area contributed by atoms with Crippen LogP contribution >= 0.6 is 12.0 Å². The van der Waals surface area contributed by atoms with Crippen molar-refractivity contribution in [3.05, 3.63) is 17.2 Å². The topological polar surface area (TPSA) is 52.4 Å². The van der Waals surface area contributed by atoms with Crippen LogP contribution in [0.2, 0.25) is 0 Å². The van der Waals surface area contributed by atoms with E-state index in [1.807, 2.05) is 6.92 Å². The van der Waals surface area contributed by atoms with E-state index >= 15 is 0 Å². The third-order valence-corrected chi connectivity index (χ3v) is 5.95. The first-order valence-corrected chi connectivity index (χ1v) is 8.59. The summed E-state index contributed by atoms with van der Waals surface area (Å²) in [6.45, 7) is 3.61. The monoisotopic (exact) mass is 356 g/mol. The van der Waals surface area contributed by atoms with Crippen molar-refractivity contribution in [3.8, 4) is 6.07 Å². The lowest BCUT2D eigenvalue weighted by Crippen LogP contribution is -2.68. The minimum atomic E-state index is -4.59. The Morgan fingerprint density at radius 1 is 1.46 bits per heavy atom. The lowest BCUT2D eigenvalue weighted by molar-refractivity contribution is -0.137. The van der Waals surface area contributed by atoms with E-state index in [0.29, 0.717) is 19.6 Å². The Labute approximate surface area is 141 Å². The van der Waals surface area contributed by atoms with E-state index in [9.17, 15) is 18.4 Å². The summed E-state index contributed by atoms with van der Waals surface area (Å²) in [4.78, 5) is 7.95. The molecular weight excluding hydrogens is 341 g/mol. The second-order valence-corrected chi connectivity index (χ2v) is 7.24. The van der Waals surface area contributed by atoms with E-state index in [4.69, 9.17) is 4.18 Å². The molecule has 128 valence electrons. The minimum absolute atomic E-state index is 0.0926. The van der Waals surface area contributed by atoms with Crippen molar-refractivity contribution in [1.82, 2.24) is 4.98 Å². The predicted molar refractivity (Wildman–Crippen MR) is 83.9 cm³/mol. The molecule has 1 spiro atoms. The maximum atomic E-state index is 13.4. The number of nitriles is 1. The van der Waals surface area contributed by atoms with Crippen LogP contribution in [0.3, 0.4) is 0 Å². The number of aromatic nitrogens is 1. The lowest BCUT2D eigenvalue weighted by Gasteiger charge is -2.54. The summed E-state index contributed by atoms with van der Waals surface area (Å²) < 4.78 is 45.8. The highest BCUT2D eigenvalue weighted by Crippen LogP contribution is 2.45. The summed E-state index contributed by atoms with van der Waals surface area (Å²) in [6.07, 6.45) is -3.70. The number of hydrogen-bond donors (Lipinski definition) is 0. The molecule has 3 aliphatic rings.